The molecule has 17 nitrogen and oxygen atoms in total. The Morgan fingerprint density at radius 1 is 0.559 bits per heavy atom. The largest absolute Gasteiger partial charge is 0.481 e. The number of carboxylic acids is 2. The fourth-order valence-corrected chi connectivity index (χ4v) is 11.1. The van der Waals surface area contributed by atoms with E-state index in [1.54, 1.807) is 0 Å². The number of rotatable bonds is 37. The lowest BCUT2D eigenvalue weighted by molar-refractivity contribution is -0.143. The van der Waals surface area contributed by atoms with Gasteiger partial charge in [-0.15, -0.1) is 0 Å². The lowest BCUT2D eigenvalue weighted by Crippen LogP contribution is -2.41. The third kappa shape index (κ3) is 36.8. The van der Waals surface area contributed by atoms with Crippen LogP contribution < -0.4 is 22.1 Å². The van der Waals surface area contributed by atoms with Crippen LogP contribution in [0.4, 0.5) is 0 Å². The minimum atomic E-state index is -1.33. The molecule has 390 valence electrons. The van der Waals surface area contributed by atoms with E-state index in [4.69, 9.17) is 26.5 Å². The summed E-state index contributed by atoms with van der Waals surface area (Å²) in [6, 6.07) is -1.97. The molecule has 0 heterocycles. The Bertz CT molecular complexity index is 1540. The van der Waals surface area contributed by atoms with E-state index >= 15 is 0 Å². The van der Waals surface area contributed by atoms with Gasteiger partial charge in [0.2, 0.25) is 11.8 Å². The van der Waals surface area contributed by atoms with Crippen LogP contribution >= 0.6 is 35.3 Å². The summed E-state index contributed by atoms with van der Waals surface area (Å²) in [5.41, 5.74) is 10.9. The average Bonchev–Trinajstić information content (AvgIpc) is 3.27. The first-order valence-electron chi connectivity index (χ1n) is 23.9. The predicted molar refractivity (Wildman–Crippen MR) is 274 cm³/mol. The number of nitrogens with two attached hydrogens (primary N) is 2. The number of carboxylic acid groups (broad SMARTS) is 2. The van der Waals surface area contributed by atoms with E-state index in [2.05, 4.69) is 53.5 Å². The Hall–Kier alpha value is -3.11. The van der Waals surface area contributed by atoms with E-state index in [-0.39, 0.29) is 111 Å². The lowest BCUT2D eigenvalue weighted by atomic mass is 9.81. The van der Waals surface area contributed by atoms with Crippen molar-refractivity contribution in [1.82, 2.24) is 10.6 Å². The van der Waals surface area contributed by atoms with Gasteiger partial charge in [0, 0.05) is 111 Å². The molecule has 4 unspecified atom stereocenters. The smallest absolute Gasteiger partial charge is 0.326 e. The number of hydrogen-bond donors (Lipinski definition) is 7. The van der Waals surface area contributed by atoms with Crippen molar-refractivity contribution in [2.45, 2.75) is 197 Å². The summed E-state index contributed by atoms with van der Waals surface area (Å²) in [4.78, 5) is 114. The maximum Gasteiger partial charge on any atom is 0.326 e. The summed E-state index contributed by atoms with van der Waals surface area (Å²) in [6.07, 6.45) is 11.8. The molecule has 0 aromatic carbocycles. The minimum Gasteiger partial charge on any atom is -0.481 e. The van der Waals surface area contributed by atoms with Crippen LogP contribution in [0.15, 0.2) is 0 Å². The van der Waals surface area contributed by atoms with Gasteiger partial charge < -0.3 is 46.7 Å². The molecule has 2 fully saturated rings. The average molecular weight is 1040 g/mol. The molecule has 9 N–H and O–H groups in total. The molecule has 0 radical (unpaired) electrons. The zero-order valence-electron chi connectivity index (χ0n) is 40.8. The van der Waals surface area contributed by atoms with Gasteiger partial charge in [-0.25, -0.2) is 9.57 Å². The summed E-state index contributed by atoms with van der Waals surface area (Å²) in [5, 5.41) is 24.6. The molecule has 0 aromatic heterocycles. The summed E-state index contributed by atoms with van der Waals surface area (Å²) < 4.78 is 5.33. The summed E-state index contributed by atoms with van der Waals surface area (Å²) >= 11 is 9.43. The standard InChI is InChI=1S/C25H41NO5S2.C13H19NO7.C9H20N2S.HNS/c1-4-5-16-32-23-13-14-24(23)33-17-6-7-22(30)21(12-9-19(3)28)26-25(31)15-11-20(29)10-8-18(2)27;1-8(15)2-3-9(16)4-6-11(17)14-10(13(20)21)5-7-12(18)19;10-5-1-2-8-3-4-9(8)12-7-6-11;1-2/h21,23-24H,4-17H2,1-3H3,(H,26,31);10H,2-7H2,1H3,(H,14,17)(H,18,19)(H,20,21);8-9H,1-7,10-11H2;1H/t21-,23?,24?;10-;;/m11../s1. The van der Waals surface area contributed by atoms with Crippen molar-refractivity contribution >= 4 is 106 Å². The van der Waals surface area contributed by atoms with Crippen LogP contribution in [0, 0.1) is 10.7 Å². The first-order valence-corrected chi connectivity index (χ1v) is 27.4. The lowest BCUT2D eigenvalue weighted by Gasteiger charge is -2.36. The zero-order chi connectivity index (χ0) is 51.9. The number of thioether (sulfide) groups is 3. The van der Waals surface area contributed by atoms with E-state index in [1.165, 1.54) is 77.9 Å². The van der Waals surface area contributed by atoms with Crippen LogP contribution in [-0.4, -0.2) is 127 Å². The molecule has 2 aliphatic rings. The van der Waals surface area contributed by atoms with Gasteiger partial charge in [-0.05, 0) is 109 Å². The van der Waals surface area contributed by atoms with Gasteiger partial charge in [-0.3, -0.25) is 28.8 Å². The fourth-order valence-electron chi connectivity index (χ4n) is 6.65. The third-order valence-electron chi connectivity index (χ3n) is 11.0. The number of unbranched alkanes of at least 4 members (excludes halogenated alkanes) is 1. The first kappa shape index (κ1) is 67.0. The van der Waals surface area contributed by atoms with Gasteiger partial charge in [-0.1, -0.05) is 13.3 Å². The van der Waals surface area contributed by atoms with Crippen molar-refractivity contribution in [3.8, 4) is 0 Å². The topological polar surface area (TPSA) is 311 Å². The Balaban J connectivity index is 0. The van der Waals surface area contributed by atoms with Gasteiger partial charge in [0.15, 0.2) is 5.78 Å². The Morgan fingerprint density at radius 3 is 1.43 bits per heavy atom. The van der Waals surface area contributed by atoms with Crippen molar-refractivity contribution in [3.63, 3.8) is 0 Å². The predicted octanol–water partition coefficient (Wildman–Crippen LogP) is 6.34. The van der Waals surface area contributed by atoms with Gasteiger partial charge >= 0.3 is 11.9 Å². The molecule has 0 spiro atoms. The molecule has 2 rings (SSSR count). The van der Waals surface area contributed by atoms with Gasteiger partial charge in [0.05, 0.1) is 6.04 Å². The Kier molecular flexibility index (Phi) is 42.1. The van der Waals surface area contributed by atoms with Crippen molar-refractivity contribution in [2.75, 3.05) is 30.3 Å². The number of carbonyl (C=O) groups is 10. The Morgan fingerprint density at radius 2 is 1.01 bits per heavy atom. The molecular weight excluding hydrogens is 955 g/mol. The van der Waals surface area contributed by atoms with Crippen molar-refractivity contribution < 1.29 is 58.2 Å². The van der Waals surface area contributed by atoms with Crippen molar-refractivity contribution in [1.29, 1.82) is 4.78 Å². The summed E-state index contributed by atoms with van der Waals surface area (Å²) in [7, 11) is 0. The Labute approximate surface area is 422 Å². The van der Waals surface area contributed by atoms with Gasteiger partial charge in [0.1, 0.15) is 35.0 Å². The molecule has 0 bridgehead atoms. The number of carbonyl (C=O) groups excluding carboxylic acids is 8. The molecule has 0 aromatic rings. The highest BCUT2D eigenvalue weighted by Gasteiger charge is 2.32. The summed E-state index contributed by atoms with van der Waals surface area (Å²) in [6.45, 7) is 8.16. The highest BCUT2D eigenvalue weighted by atomic mass is 32.2. The maximum absolute atomic E-state index is 12.7. The molecule has 2 amide bonds. The second-order valence-corrected chi connectivity index (χ2v) is 21.1. The number of ketones is 6. The normalized spacial score (nSPS) is 17.5. The van der Waals surface area contributed by atoms with Crippen LogP contribution in [0.3, 0.4) is 0 Å². The van der Waals surface area contributed by atoms with E-state index in [0.29, 0.717) is 18.1 Å². The van der Waals surface area contributed by atoms with Gasteiger partial charge in [0.25, 0.3) is 0 Å². The second-order valence-electron chi connectivity index (χ2n) is 17.0. The molecule has 2 aliphatic carbocycles. The van der Waals surface area contributed by atoms with E-state index < -0.39 is 29.9 Å². The summed E-state index contributed by atoms with van der Waals surface area (Å²) in [5.74, 6) is 0.143. The van der Waals surface area contributed by atoms with Crippen molar-refractivity contribution in [3.05, 3.63) is 0 Å². The number of hydrogen-bond acceptors (Lipinski definition) is 17. The maximum atomic E-state index is 12.7. The third-order valence-corrected chi connectivity index (χ3v) is 15.7. The van der Waals surface area contributed by atoms with E-state index in [0.717, 1.165) is 47.4 Å². The molecule has 21 heteroatoms. The number of Topliss-reactive ketones (excluding diaryl/α,β-unsaturated/α-hetero) is 6. The minimum absolute atomic E-state index is 0.00475. The van der Waals surface area contributed by atoms with Crippen LogP contribution in [0.5, 0.6) is 0 Å². The second kappa shape index (κ2) is 42.7. The molecular formula is C47H81N5O12S4. The number of nitrogens with one attached hydrogen (secondary N) is 3. The number of aliphatic carboxylic acids is 2. The van der Waals surface area contributed by atoms with Gasteiger partial charge in [-0.2, -0.15) is 35.3 Å². The molecule has 0 saturated heterocycles. The highest BCUT2D eigenvalue weighted by molar-refractivity contribution is 8.04. The molecule has 0 aliphatic heterocycles. The monoisotopic (exact) mass is 1040 g/mol. The zero-order valence-corrected chi connectivity index (χ0v) is 44.1. The highest BCUT2D eigenvalue weighted by Crippen LogP contribution is 2.41. The van der Waals surface area contributed by atoms with Crippen LogP contribution in [0.1, 0.15) is 169 Å². The quantitative estimate of drug-likeness (QED) is 0.0334. The van der Waals surface area contributed by atoms with E-state index in [1.807, 2.05) is 11.8 Å². The first-order chi connectivity index (χ1) is 32.3. The van der Waals surface area contributed by atoms with Crippen LogP contribution in [0.2, 0.25) is 0 Å². The van der Waals surface area contributed by atoms with Crippen LogP contribution in [-0.2, 0) is 60.4 Å². The van der Waals surface area contributed by atoms with E-state index in [9.17, 15) is 47.9 Å². The fraction of sp³-hybridized carbons (Fsp3) is 0.787. The molecule has 68 heavy (non-hydrogen) atoms. The molecule has 2 saturated carbocycles. The SMILES string of the molecule is CC(=O)CCC(=O)CCC(=O)N[C@H](CCC(=O)O)C(=O)O.CCCCSC1CCC1SCCCC(=O)[C@@H](CCC(C)=O)NC(=O)CCC(=O)CCC(C)=O.N=S.NCCCC1CCC1SCCN. The van der Waals surface area contributed by atoms with Crippen LogP contribution in [0.25, 0.3) is 0 Å². The molecule has 6 atom stereocenters. The number of amides is 2. The van der Waals surface area contributed by atoms with Crippen molar-refractivity contribution in [2.24, 2.45) is 17.4 Å².